The number of rotatable bonds is 6. The second-order valence-corrected chi connectivity index (χ2v) is 9.88. The lowest BCUT2D eigenvalue weighted by Crippen LogP contribution is -2.38. The van der Waals surface area contributed by atoms with Crippen molar-refractivity contribution in [2.75, 3.05) is 6.17 Å². The molecule has 0 spiro atoms. The highest BCUT2D eigenvalue weighted by Gasteiger charge is 2.22. The second-order valence-electron chi connectivity index (χ2n) is 4.74. The van der Waals surface area contributed by atoms with E-state index in [0.29, 0.717) is 12.3 Å². The Kier molecular flexibility index (Phi) is 13.3. The zero-order valence-corrected chi connectivity index (χ0v) is 13.2. The van der Waals surface area contributed by atoms with E-state index in [4.69, 9.17) is 21.7 Å². The van der Waals surface area contributed by atoms with Crippen molar-refractivity contribution in [1.82, 2.24) is 0 Å². The van der Waals surface area contributed by atoms with E-state index in [-0.39, 0.29) is 24.8 Å². The monoisotopic (exact) mass is 305 g/mol. The molecule has 0 radical (unpaired) electrons. The second kappa shape index (κ2) is 10.1. The van der Waals surface area contributed by atoms with Crippen LogP contribution in [0.15, 0.2) is 4.99 Å². The molecule has 0 aromatic carbocycles. The summed E-state index contributed by atoms with van der Waals surface area (Å²) in [7, 11) is -1.44. The maximum absolute atomic E-state index is 8.83. The van der Waals surface area contributed by atoms with Crippen LogP contribution in [-0.4, -0.2) is 42.6 Å². The van der Waals surface area contributed by atoms with Gasteiger partial charge in [0.1, 0.15) is 0 Å². The molecule has 0 aliphatic carbocycles. The summed E-state index contributed by atoms with van der Waals surface area (Å²) < 4.78 is 0. The van der Waals surface area contributed by atoms with Gasteiger partial charge in [0, 0.05) is 6.17 Å². The van der Waals surface area contributed by atoms with Crippen molar-refractivity contribution in [1.29, 1.82) is 0 Å². The molecule has 0 heterocycles. The number of nitrogens with two attached hydrogens (primary N) is 2. The van der Waals surface area contributed by atoms with Gasteiger partial charge in [-0.3, -0.25) is 4.99 Å². The topological polar surface area (TPSA) is 105 Å². The van der Waals surface area contributed by atoms with Crippen LogP contribution in [0.2, 0.25) is 19.1 Å². The van der Waals surface area contributed by atoms with Gasteiger partial charge in [-0.25, -0.2) is 0 Å². The third-order valence-electron chi connectivity index (χ3n) is 2.29. The summed E-state index contributed by atoms with van der Waals surface area (Å²) in [6.45, 7) is 6.15. The molecule has 0 fully saturated rings. The lowest BCUT2D eigenvalue weighted by Gasteiger charge is -2.22. The Bertz CT molecular complexity index is 224. The Morgan fingerprint density at radius 1 is 1.29 bits per heavy atom. The van der Waals surface area contributed by atoms with Crippen molar-refractivity contribution in [2.24, 2.45) is 16.5 Å². The lowest BCUT2D eigenvalue weighted by molar-refractivity contribution is -0.0586. The minimum Gasteiger partial charge on any atom is -0.388 e. The van der Waals surface area contributed by atoms with Crippen LogP contribution < -0.4 is 11.5 Å². The molecule has 0 aliphatic rings. The number of nitrogens with zero attached hydrogens (tertiary/aromatic N) is 1. The highest BCUT2D eigenvalue weighted by atomic mass is 35.5. The van der Waals surface area contributed by atoms with Crippen LogP contribution in [-0.2, 0) is 0 Å². The standard InChI is InChI=1S/C9H23N3O2Si.2ClH/c1-7(10)12-6-15(2,3)5-4-8(11)9(13)14;;/h8-9,13-14H,4-6,11H2,1-3H3,(H2,10,12);2*1H. The molecule has 0 aromatic rings. The van der Waals surface area contributed by atoms with E-state index in [1.807, 2.05) is 0 Å². The molecular weight excluding hydrogens is 281 g/mol. The average molecular weight is 306 g/mol. The number of aliphatic imine (C=N–C) groups is 1. The maximum Gasteiger partial charge on any atom is 0.166 e. The van der Waals surface area contributed by atoms with E-state index < -0.39 is 20.4 Å². The Morgan fingerprint density at radius 2 is 1.76 bits per heavy atom. The summed E-state index contributed by atoms with van der Waals surface area (Å²) in [4.78, 5) is 4.21. The summed E-state index contributed by atoms with van der Waals surface area (Å²) in [6.07, 6.45) is -0.0332. The smallest absolute Gasteiger partial charge is 0.166 e. The highest BCUT2D eigenvalue weighted by Crippen LogP contribution is 2.14. The Hall–Kier alpha value is 0.147. The number of amidine groups is 1. The zero-order valence-electron chi connectivity index (χ0n) is 10.6. The van der Waals surface area contributed by atoms with Crippen LogP contribution in [0.25, 0.3) is 0 Å². The molecule has 0 aliphatic heterocycles. The molecule has 1 atom stereocenters. The Balaban J connectivity index is -0.000000980. The normalized spacial score (nSPS) is 13.9. The van der Waals surface area contributed by atoms with E-state index >= 15 is 0 Å². The van der Waals surface area contributed by atoms with Gasteiger partial charge < -0.3 is 21.7 Å². The van der Waals surface area contributed by atoms with Gasteiger partial charge in [-0.15, -0.1) is 24.8 Å². The predicted molar refractivity (Wildman–Crippen MR) is 79.8 cm³/mol. The molecule has 8 heteroatoms. The minimum atomic E-state index is -1.44. The van der Waals surface area contributed by atoms with Crippen molar-refractivity contribution >= 4 is 38.7 Å². The Morgan fingerprint density at radius 3 is 2.12 bits per heavy atom. The van der Waals surface area contributed by atoms with Gasteiger partial charge in [-0.2, -0.15) is 0 Å². The maximum atomic E-state index is 8.83. The van der Waals surface area contributed by atoms with E-state index in [0.717, 1.165) is 12.2 Å². The fourth-order valence-corrected chi connectivity index (χ4v) is 3.07. The first-order valence-corrected chi connectivity index (χ1v) is 8.54. The van der Waals surface area contributed by atoms with Gasteiger partial charge in [0.15, 0.2) is 6.29 Å². The quantitative estimate of drug-likeness (QED) is 0.248. The molecule has 6 N–H and O–H groups in total. The molecule has 0 rings (SSSR count). The number of aliphatic hydroxyl groups excluding tert-OH is 1. The van der Waals surface area contributed by atoms with Crippen LogP contribution in [0.3, 0.4) is 0 Å². The number of halogens is 2. The number of hydrogen-bond acceptors (Lipinski definition) is 4. The first kappa shape index (κ1) is 22.3. The fourth-order valence-electron chi connectivity index (χ4n) is 1.12. The van der Waals surface area contributed by atoms with Crippen LogP contribution in [0, 0.1) is 0 Å². The predicted octanol–water partition coefficient (Wildman–Crippen LogP) is 0.483. The van der Waals surface area contributed by atoms with Crippen LogP contribution in [0.5, 0.6) is 0 Å². The first-order valence-electron chi connectivity index (χ1n) is 5.13. The molecule has 106 valence electrons. The molecule has 0 saturated heterocycles. The van der Waals surface area contributed by atoms with Gasteiger partial charge in [-0.05, 0) is 13.3 Å². The lowest BCUT2D eigenvalue weighted by atomic mass is 10.2. The van der Waals surface area contributed by atoms with Crippen LogP contribution >= 0.6 is 24.8 Å². The third kappa shape index (κ3) is 12.4. The summed E-state index contributed by atoms with van der Waals surface area (Å²) in [5.41, 5.74) is 11.0. The molecule has 1 unspecified atom stereocenters. The van der Waals surface area contributed by atoms with Gasteiger partial charge in [0.25, 0.3) is 0 Å². The fraction of sp³-hybridized carbons (Fsp3) is 0.889. The molecule has 17 heavy (non-hydrogen) atoms. The van der Waals surface area contributed by atoms with Gasteiger partial charge >= 0.3 is 0 Å². The van der Waals surface area contributed by atoms with E-state index in [1.165, 1.54) is 0 Å². The summed E-state index contributed by atoms with van der Waals surface area (Å²) in [5, 5.41) is 17.7. The molecule has 0 saturated carbocycles. The molecule has 5 nitrogen and oxygen atoms in total. The minimum absolute atomic E-state index is 0. The van der Waals surface area contributed by atoms with Gasteiger partial charge in [0.05, 0.1) is 20.0 Å². The third-order valence-corrected chi connectivity index (χ3v) is 4.95. The van der Waals surface area contributed by atoms with Crippen LogP contribution in [0.4, 0.5) is 0 Å². The molecular formula is C9H25Cl2N3O2Si. The number of hydrogen-bond donors (Lipinski definition) is 4. The summed E-state index contributed by atoms with van der Waals surface area (Å²) in [6, 6.07) is 0.363. The van der Waals surface area contributed by atoms with Crippen molar-refractivity contribution < 1.29 is 10.2 Å². The summed E-state index contributed by atoms with van der Waals surface area (Å²) in [5.74, 6) is 0.599. The highest BCUT2D eigenvalue weighted by molar-refractivity contribution is 6.77. The molecule has 0 amide bonds. The average Bonchev–Trinajstić information content (AvgIpc) is 2.11. The van der Waals surface area contributed by atoms with Crippen LogP contribution in [0.1, 0.15) is 13.3 Å². The van der Waals surface area contributed by atoms with E-state index in [1.54, 1.807) is 6.92 Å². The van der Waals surface area contributed by atoms with Crippen molar-refractivity contribution in [3.8, 4) is 0 Å². The molecule has 0 aromatic heterocycles. The number of aliphatic hydroxyl groups is 2. The van der Waals surface area contributed by atoms with Gasteiger partial charge in [0.2, 0.25) is 0 Å². The first-order chi connectivity index (χ1) is 6.74. The van der Waals surface area contributed by atoms with E-state index in [2.05, 4.69) is 18.1 Å². The van der Waals surface area contributed by atoms with Crippen molar-refractivity contribution in [3.05, 3.63) is 0 Å². The largest absolute Gasteiger partial charge is 0.388 e. The summed E-state index contributed by atoms with van der Waals surface area (Å²) >= 11 is 0. The SMILES string of the molecule is CC(N)=NC[Si](C)(C)CCC(N)C(O)O.Cl.Cl. The van der Waals surface area contributed by atoms with E-state index in [9.17, 15) is 0 Å². The zero-order chi connectivity index (χ0) is 12.1. The molecule has 0 bridgehead atoms. The Labute approximate surface area is 117 Å². The van der Waals surface area contributed by atoms with Gasteiger partial charge in [-0.1, -0.05) is 19.1 Å². The van der Waals surface area contributed by atoms with Crippen molar-refractivity contribution in [3.63, 3.8) is 0 Å². The van der Waals surface area contributed by atoms with Crippen molar-refractivity contribution in [2.45, 2.75) is 44.8 Å².